The molecule has 0 saturated carbocycles. The first-order valence-corrected chi connectivity index (χ1v) is 5.38. The van der Waals surface area contributed by atoms with Gasteiger partial charge >= 0.3 is 0 Å². The Bertz CT molecular complexity index is 421. The summed E-state index contributed by atoms with van der Waals surface area (Å²) in [6, 6.07) is 10.8. The number of carbonyl (C=O) groups is 1. The number of nitrogens with zero attached hydrogens (tertiary/aromatic N) is 1. The van der Waals surface area contributed by atoms with E-state index in [0.29, 0.717) is 5.56 Å². The maximum absolute atomic E-state index is 11.6. The highest BCUT2D eigenvalue weighted by atomic mass is 16.3. The Morgan fingerprint density at radius 2 is 2.06 bits per heavy atom. The monoisotopic (exact) mass is 232 g/mol. The summed E-state index contributed by atoms with van der Waals surface area (Å²) in [5, 5.41) is 21.1. The smallest absolute Gasteiger partial charge is 0.253 e. The van der Waals surface area contributed by atoms with Gasteiger partial charge in [0.2, 0.25) is 0 Å². The van der Waals surface area contributed by atoms with E-state index in [1.807, 2.05) is 6.07 Å². The third-order valence-corrected chi connectivity index (χ3v) is 2.37. The zero-order chi connectivity index (χ0) is 12.9. The minimum Gasteiger partial charge on any atom is -0.378 e. The van der Waals surface area contributed by atoms with Gasteiger partial charge in [0.05, 0.1) is 11.5 Å². The van der Waals surface area contributed by atoms with Crippen LogP contribution in [0.1, 0.15) is 25.5 Å². The first-order valence-electron chi connectivity index (χ1n) is 5.38. The van der Waals surface area contributed by atoms with Crippen molar-refractivity contribution in [1.29, 1.82) is 5.26 Å². The predicted octanol–water partition coefficient (Wildman–Crippen LogP) is 1.39. The number of carbonyl (C=O) groups excluding carboxylic acids is 1. The predicted molar refractivity (Wildman–Crippen MR) is 63.8 cm³/mol. The number of rotatable bonds is 4. The molecule has 0 fully saturated rings. The van der Waals surface area contributed by atoms with Gasteiger partial charge in [0.1, 0.15) is 0 Å². The van der Waals surface area contributed by atoms with Gasteiger partial charge in [-0.1, -0.05) is 30.3 Å². The molecule has 0 aromatic heterocycles. The second-order valence-electron chi connectivity index (χ2n) is 4.53. The molecule has 1 aromatic rings. The van der Waals surface area contributed by atoms with E-state index in [4.69, 9.17) is 5.26 Å². The van der Waals surface area contributed by atoms with Gasteiger partial charge in [0.15, 0.2) is 6.10 Å². The van der Waals surface area contributed by atoms with E-state index < -0.39 is 17.4 Å². The molecule has 17 heavy (non-hydrogen) atoms. The van der Waals surface area contributed by atoms with Gasteiger partial charge in [0.25, 0.3) is 5.91 Å². The average molecular weight is 232 g/mol. The lowest BCUT2D eigenvalue weighted by Crippen LogP contribution is -2.36. The first-order chi connectivity index (χ1) is 7.96. The summed E-state index contributed by atoms with van der Waals surface area (Å²) in [4.78, 5) is 11.6. The Morgan fingerprint density at radius 1 is 1.47 bits per heavy atom. The fraction of sp³-hybridized carbons (Fsp3) is 0.385. The topological polar surface area (TPSA) is 73.1 Å². The molecule has 2 N–H and O–H groups in total. The van der Waals surface area contributed by atoms with Gasteiger partial charge < -0.3 is 10.4 Å². The summed E-state index contributed by atoms with van der Waals surface area (Å²) < 4.78 is 0. The van der Waals surface area contributed by atoms with Crippen LogP contribution in [0.3, 0.4) is 0 Å². The highest BCUT2D eigenvalue weighted by molar-refractivity contribution is 5.81. The van der Waals surface area contributed by atoms with Crippen molar-refractivity contribution < 1.29 is 9.90 Å². The summed E-state index contributed by atoms with van der Waals surface area (Å²) in [7, 11) is 0. The molecule has 1 rings (SSSR count). The number of hydrogen-bond donors (Lipinski definition) is 2. The molecule has 0 bridgehead atoms. The Hall–Kier alpha value is -1.86. The quantitative estimate of drug-likeness (QED) is 0.823. The summed E-state index contributed by atoms with van der Waals surface area (Å²) in [6.45, 7) is 3.66. The molecule has 4 nitrogen and oxygen atoms in total. The van der Waals surface area contributed by atoms with Crippen LogP contribution in [0, 0.1) is 16.7 Å². The van der Waals surface area contributed by atoms with Crippen LogP contribution in [-0.4, -0.2) is 17.6 Å². The highest BCUT2D eigenvalue weighted by Crippen LogP contribution is 2.14. The van der Waals surface area contributed by atoms with Gasteiger partial charge in [-0.05, 0) is 19.4 Å². The van der Waals surface area contributed by atoms with Crippen molar-refractivity contribution in [2.45, 2.75) is 20.0 Å². The van der Waals surface area contributed by atoms with Crippen molar-refractivity contribution in [3.8, 4) is 6.07 Å². The van der Waals surface area contributed by atoms with Gasteiger partial charge in [-0.3, -0.25) is 4.79 Å². The summed E-state index contributed by atoms with van der Waals surface area (Å²) in [5.41, 5.74) is -0.0914. The number of aliphatic hydroxyl groups excluding tert-OH is 1. The Morgan fingerprint density at radius 3 is 2.59 bits per heavy atom. The molecule has 90 valence electrons. The SMILES string of the molecule is CC(C)(C#N)CNC(=O)C(O)c1ccccc1. The highest BCUT2D eigenvalue weighted by Gasteiger charge is 2.21. The fourth-order valence-corrected chi connectivity index (χ4v) is 1.23. The van der Waals surface area contributed by atoms with Crippen molar-refractivity contribution in [2.24, 2.45) is 5.41 Å². The fourth-order valence-electron chi connectivity index (χ4n) is 1.23. The van der Waals surface area contributed by atoms with Crippen LogP contribution in [0.15, 0.2) is 30.3 Å². The van der Waals surface area contributed by atoms with E-state index in [-0.39, 0.29) is 6.54 Å². The summed E-state index contributed by atoms with van der Waals surface area (Å²) in [6.07, 6.45) is -1.19. The Labute approximate surface area is 101 Å². The molecular formula is C13H16N2O2. The molecular weight excluding hydrogens is 216 g/mol. The summed E-state index contributed by atoms with van der Waals surface area (Å²) in [5.74, 6) is -0.487. The lowest BCUT2D eigenvalue weighted by molar-refractivity contribution is -0.129. The van der Waals surface area contributed by atoms with E-state index >= 15 is 0 Å². The lowest BCUT2D eigenvalue weighted by atomic mass is 9.96. The van der Waals surface area contributed by atoms with Crippen LogP contribution >= 0.6 is 0 Å². The zero-order valence-electron chi connectivity index (χ0n) is 9.97. The minimum absolute atomic E-state index is 0.215. The van der Waals surface area contributed by atoms with Crippen LogP contribution in [0.4, 0.5) is 0 Å². The molecule has 0 heterocycles. The number of aliphatic hydroxyl groups is 1. The molecule has 0 aliphatic heterocycles. The van der Waals surface area contributed by atoms with Crippen LogP contribution in [0.2, 0.25) is 0 Å². The molecule has 4 heteroatoms. The number of hydrogen-bond acceptors (Lipinski definition) is 3. The molecule has 1 aromatic carbocycles. The second kappa shape index (κ2) is 5.46. The van der Waals surface area contributed by atoms with Crippen molar-refractivity contribution in [3.63, 3.8) is 0 Å². The normalized spacial score (nSPS) is 12.6. The zero-order valence-corrected chi connectivity index (χ0v) is 9.97. The minimum atomic E-state index is -1.19. The maximum atomic E-state index is 11.6. The second-order valence-corrected chi connectivity index (χ2v) is 4.53. The van der Waals surface area contributed by atoms with Crippen LogP contribution < -0.4 is 5.32 Å². The molecule has 1 atom stereocenters. The average Bonchev–Trinajstić information content (AvgIpc) is 2.36. The molecule has 0 aliphatic carbocycles. The number of nitrogens with one attached hydrogen (secondary N) is 1. The van der Waals surface area contributed by atoms with Crippen molar-refractivity contribution in [3.05, 3.63) is 35.9 Å². The van der Waals surface area contributed by atoms with Gasteiger partial charge in [0, 0.05) is 6.54 Å². The van der Waals surface area contributed by atoms with Gasteiger partial charge in [-0.15, -0.1) is 0 Å². The van der Waals surface area contributed by atoms with Crippen LogP contribution in [0.25, 0.3) is 0 Å². The lowest BCUT2D eigenvalue weighted by Gasteiger charge is -2.18. The molecule has 1 amide bonds. The number of nitriles is 1. The van der Waals surface area contributed by atoms with E-state index in [1.165, 1.54) is 0 Å². The van der Waals surface area contributed by atoms with Crippen molar-refractivity contribution >= 4 is 5.91 Å². The van der Waals surface area contributed by atoms with Crippen molar-refractivity contribution in [2.75, 3.05) is 6.54 Å². The standard InChI is InChI=1S/C13H16N2O2/c1-13(2,8-14)9-15-12(17)11(16)10-6-4-3-5-7-10/h3-7,11,16H,9H2,1-2H3,(H,15,17). The molecule has 0 radical (unpaired) electrons. The Balaban J connectivity index is 2.58. The molecule has 0 spiro atoms. The van der Waals surface area contributed by atoms with Gasteiger partial charge in [-0.25, -0.2) is 0 Å². The van der Waals surface area contributed by atoms with E-state index in [2.05, 4.69) is 11.4 Å². The molecule has 1 unspecified atom stereocenters. The summed E-state index contributed by atoms with van der Waals surface area (Å²) >= 11 is 0. The number of benzene rings is 1. The van der Waals surface area contributed by atoms with Crippen LogP contribution in [0.5, 0.6) is 0 Å². The van der Waals surface area contributed by atoms with Crippen LogP contribution in [-0.2, 0) is 4.79 Å². The van der Waals surface area contributed by atoms with E-state index in [0.717, 1.165) is 0 Å². The maximum Gasteiger partial charge on any atom is 0.253 e. The van der Waals surface area contributed by atoms with Gasteiger partial charge in [-0.2, -0.15) is 5.26 Å². The largest absolute Gasteiger partial charge is 0.378 e. The number of amides is 1. The third kappa shape index (κ3) is 3.89. The van der Waals surface area contributed by atoms with Crippen molar-refractivity contribution in [1.82, 2.24) is 5.32 Å². The third-order valence-electron chi connectivity index (χ3n) is 2.37. The van der Waals surface area contributed by atoms with E-state index in [9.17, 15) is 9.90 Å². The van der Waals surface area contributed by atoms with E-state index in [1.54, 1.807) is 38.1 Å². The Kier molecular flexibility index (Phi) is 4.24. The molecule has 0 aliphatic rings. The first kappa shape index (κ1) is 13.2. The molecule has 0 saturated heterocycles.